The Balaban J connectivity index is 1.95. The Morgan fingerprint density at radius 3 is 2.61 bits per heavy atom. The second-order valence-electron chi connectivity index (χ2n) is 8.62. The number of amides is 1. The van der Waals surface area contributed by atoms with Gasteiger partial charge in [-0.25, -0.2) is 4.98 Å². The Hall–Kier alpha value is -3.35. The van der Waals surface area contributed by atoms with Crippen molar-refractivity contribution in [2.75, 3.05) is 24.7 Å². The van der Waals surface area contributed by atoms with Gasteiger partial charge < -0.3 is 14.0 Å². The van der Waals surface area contributed by atoms with Crippen LogP contribution < -0.4 is 9.64 Å². The molecule has 33 heavy (non-hydrogen) atoms. The minimum absolute atomic E-state index is 0.206. The summed E-state index contributed by atoms with van der Waals surface area (Å²) in [4.78, 5) is 33.5. The summed E-state index contributed by atoms with van der Waals surface area (Å²) in [5.74, 6) is -0.153. The van der Waals surface area contributed by atoms with E-state index < -0.39 is 17.9 Å². The lowest BCUT2D eigenvalue weighted by Gasteiger charge is -2.38. The maximum atomic E-state index is 13.8. The number of hydrogen-bond donors (Lipinski definition) is 0. The predicted molar refractivity (Wildman–Crippen MR) is 127 cm³/mol. The van der Waals surface area contributed by atoms with Crippen molar-refractivity contribution in [3.63, 3.8) is 0 Å². The molecule has 0 fully saturated rings. The molecule has 1 aliphatic heterocycles. The van der Waals surface area contributed by atoms with E-state index in [0.29, 0.717) is 30.8 Å². The number of aromatic nitrogens is 2. The molecule has 0 N–H and O–H groups in total. The van der Waals surface area contributed by atoms with Crippen LogP contribution in [0.15, 0.2) is 48.5 Å². The second kappa shape index (κ2) is 9.65. The molecule has 3 aromatic rings. The van der Waals surface area contributed by atoms with Gasteiger partial charge in [-0.3, -0.25) is 14.5 Å². The lowest BCUT2D eigenvalue weighted by Crippen LogP contribution is -2.50. The van der Waals surface area contributed by atoms with Crippen LogP contribution in [-0.2, 0) is 14.3 Å². The zero-order valence-corrected chi connectivity index (χ0v) is 19.7. The van der Waals surface area contributed by atoms with Crippen LogP contribution in [0.1, 0.15) is 45.7 Å². The van der Waals surface area contributed by atoms with Gasteiger partial charge in [0.25, 0.3) is 0 Å². The van der Waals surface area contributed by atoms with Gasteiger partial charge in [0.1, 0.15) is 5.75 Å². The number of para-hydroxylation sites is 2. The lowest BCUT2D eigenvalue weighted by molar-refractivity contribution is -0.153. The zero-order valence-electron chi connectivity index (χ0n) is 19.7. The summed E-state index contributed by atoms with van der Waals surface area (Å²) in [5.41, 5.74) is 2.46. The van der Waals surface area contributed by atoms with Gasteiger partial charge in [0.2, 0.25) is 11.9 Å². The molecule has 7 heteroatoms. The van der Waals surface area contributed by atoms with E-state index in [4.69, 9.17) is 14.5 Å². The first-order valence-electron chi connectivity index (χ1n) is 11.6. The molecule has 2 heterocycles. The molecule has 1 aromatic heterocycles. The highest BCUT2D eigenvalue weighted by Crippen LogP contribution is 2.42. The van der Waals surface area contributed by atoms with E-state index in [9.17, 15) is 9.59 Å². The molecule has 0 bridgehead atoms. The molecule has 7 nitrogen and oxygen atoms in total. The average molecular weight is 450 g/mol. The molecule has 4 rings (SSSR count). The number of hydrogen-bond acceptors (Lipinski definition) is 5. The van der Waals surface area contributed by atoms with Gasteiger partial charge in [-0.15, -0.1) is 0 Å². The van der Waals surface area contributed by atoms with Crippen molar-refractivity contribution in [1.29, 1.82) is 0 Å². The summed E-state index contributed by atoms with van der Waals surface area (Å²) < 4.78 is 13.1. The molecule has 1 aliphatic rings. The molecule has 2 atom stereocenters. The van der Waals surface area contributed by atoms with Gasteiger partial charge in [0.15, 0.2) is 5.92 Å². The number of benzene rings is 2. The molecule has 0 saturated carbocycles. The van der Waals surface area contributed by atoms with E-state index in [1.807, 2.05) is 60.0 Å². The number of ether oxygens (including phenoxy) is 2. The van der Waals surface area contributed by atoms with Crippen LogP contribution in [-0.4, -0.2) is 41.2 Å². The number of imidazole rings is 1. The van der Waals surface area contributed by atoms with Gasteiger partial charge in [-0.1, -0.05) is 38.1 Å². The number of nitrogens with zero attached hydrogens (tertiary/aromatic N) is 3. The van der Waals surface area contributed by atoms with Crippen LogP contribution in [0.5, 0.6) is 5.75 Å². The van der Waals surface area contributed by atoms with E-state index in [2.05, 4.69) is 13.8 Å². The molecule has 174 valence electrons. The van der Waals surface area contributed by atoms with Crippen LogP contribution in [0.4, 0.5) is 5.95 Å². The first kappa shape index (κ1) is 22.8. The SMILES string of the molecule is CCOC(=O)C1C(=O)N(CCC(C)C)c2nc3ccccc3n2C1c1cccc(OCC)c1. The minimum Gasteiger partial charge on any atom is -0.494 e. The Morgan fingerprint density at radius 1 is 1.09 bits per heavy atom. The molecular weight excluding hydrogens is 418 g/mol. The number of esters is 1. The summed E-state index contributed by atoms with van der Waals surface area (Å²) in [6.45, 7) is 9.12. The number of carbonyl (C=O) groups excluding carboxylic acids is 2. The Labute approximate surface area is 194 Å². The zero-order chi connectivity index (χ0) is 23.5. The van der Waals surface area contributed by atoms with Gasteiger partial charge in [0.05, 0.1) is 30.3 Å². The van der Waals surface area contributed by atoms with Gasteiger partial charge >= 0.3 is 5.97 Å². The largest absolute Gasteiger partial charge is 0.494 e. The monoisotopic (exact) mass is 449 g/mol. The normalized spacial score (nSPS) is 18.0. The van der Waals surface area contributed by atoms with E-state index in [1.54, 1.807) is 11.8 Å². The number of carbonyl (C=O) groups is 2. The molecule has 0 radical (unpaired) electrons. The smallest absolute Gasteiger partial charge is 0.321 e. The van der Waals surface area contributed by atoms with Crippen molar-refractivity contribution in [3.05, 3.63) is 54.1 Å². The van der Waals surface area contributed by atoms with E-state index in [-0.39, 0.29) is 12.5 Å². The van der Waals surface area contributed by atoms with E-state index in [0.717, 1.165) is 23.0 Å². The third kappa shape index (κ3) is 4.32. The van der Waals surface area contributed by atoms with E-state index in [1.165, 1.54) is 0 Å². The Morgan fingerprint density at radius 2 is 1.88 bits per heavy atom. The van der Waals surface area contributed by atoms with Crippen molar-refractivity contribution in [2.45, 2.75) is 40.2 Å². The molecule has 0 aliphatic carbocycles. The summed E-state index contributed by atoms with van der Waals surface area (Å²) in [5, 5.41) is 0. The standard InChI is InChI=1S/C26H31N3O4/c1-5-32-19-11-9-10-18(16-19)23-22(25(31)33-6-2)24(30)28(15-14-17(3)4)26-27-20-12-7-8-13-21(20)29(23)26/h7-13,16-17,22-23H,5-6,14-15H2,1-4H3. The first-order valence-corrected chi connectivity index (χ1v) is 11.6. The minimum atomic E-state index is -1.01. The van der Waals surface area contributed by atoms with Crippen LogP contribution in [0.2, 0.25) is 0 Å². The molecule has 0 saturated heterocycles. The number of rotatable bonds is 8. The fourth-order valence-corrected chi connectivity index (χ4v) is 4.40. The van der Waals surface area contributed by atoms with Crippen molar-refractivity contribution in [1.82, 2.24) is 9.55 Å². The Bertz CT molecular complexity index is 1150. The molecule has 2 aromatic carbocycles. The molecule has 0 spiro atoms. The van der Waals surface area contributed by atoms with Crippen molar-refractivity contribution >= 4 is 28.9 Å². The average Bonchev–Trinajstić information content (AvgIpc) is 3.17. The third-order valence-electron chi connectivity index (χ3n) is 5.93. The molecule has 2 unspecified atom stereocenters. The third-order valence-corrected chi connectivity index (χ3v) is 5.93. The van der Waals surface area contributed by atoms with Gasteiger partial charge in [-0.05, 0) is 56.0 Å². The highest BCUT2D eigenvalue weighted by Gasteiger charge is 2.47. The topological polar surface area (TPSA) is 73.7 Å². The van der Waals surface area contributed by atoms with Crippen LogP contribution in [0.3, 0.4) is 0 Å². The van der Waals surface area contributed by atoms with Gasteiger partial charge in [0, 0.05) is 6.54 Å². The fourth-order valence-electron chi connectivity index (χ4n) is 4.40. The highest BCUT2D eigenvalue weighted by atomic mass is 16.5. The van der Waals surface area contributed by atoms with Crippen molar-refractivity contribution in [3.8, 4) is 5.75 Å². The second-order valence-corrected chi connectivity index (χ2v) is 8.62. The highest BCUT2D eigenvalue weighted by molar-refractivity contribution is 6.08. The number of anilines is 1. The summed E-state index contributed by atoms with van der Waals surface area (Å²) in [6.07, 6.45) is 0.801. The Kier molecular flexibility index (Phi) is 6.67. The molecular formula is C26H31N3O4. The first-order chi connectivity index (χ1) is 16.0. The van der Waals surface area contributed by atoms with Crippen LogP contribution >= 0.6 is 0 Å². The van der Waals surface area contributed by atoms with Crippen molar-refractivity contribution in [2.24, 2.45) is 11.8 Å². The summed E-state index contributed by atoms with van der Waals surface area (Å²) in [7, 11) is 0. The van der Waals surface area contributed by atoms with Gasteiger partial charge in [-0.2, -0.15) is 0 Å². The molecule has 1 amide bonds. The maximum Gasteiger partial charge on any atom is 0.321 e. The maximum absolute atomic E-state index is 13.8. The van der Waals surface area contributed by atoms with E-state index >= 15 is 0 Å². The quantitative estimate of drug-likeness (QED) is 0.371. The van der Waals surface area contributed by atoms with Crippen LogP contribution in [0.25, 0.3) is 11.0 Å². The number of fused-ring (bicyclic) bond motifs is 3. The van der Waals surface area contributed by atoms with Crippen LogP contribution in [0, 0.1) is 11.8 Å². The van der Waals surface area contributed by atoms with Crippen molar-refractivity contribution < 1.29 is 19.1 Å². The predicted octanol–water partition coefficient (Wildman–Crippen LogP) is 4.60. The fraction of sp³-hybridized carbons (Fsp3) is 0.423. The summed E-state index contributed by atoms with van der Waals surface area (Å²) >= 11 is 0. The lowest BCUT2D eigenvalue weighted by atomic mass is 9.89. The summed E-state index contributed by atoms with van der Waals surface area (Å²) in [6, 6.07) is 14.8.